The van der Waals surface area contributed by atoms with E-state index in [0.29, 0.717) is 13.0 Å². The van der Waals surface area contributed by atoms with Crippen LogP contribution in [-0.2, 0) is 14.6 Å². The lowest BCUT2D eigenvalue weighted by Gasteiger charge is -2.23. The summed E-state index contributed by atoms with van der Waals surface area (Å²) in [5, 5.41) is 12.3. The van der Waals surface area contributed by atoms with Crippen LogP contribution >= 0.6 is 0 Å². The smallest absolute Gasteiger partial charge is 0.321 e. The van der Waals surface area contributed by atoms with E-state index in [1.54, 1.807) is 19.1 Å². The van der Waals surface area contributed by atoms with Crippen LogP contribution in [0, 0.1) is 18.3 Å². The predicted molar refractivity (Wildman–Crippen MR) is 92.3 cm³/mol. The Kier molecular flexibility index (Phi) is 4.26. The molecule has 2 aliphatic rings. The van der Waals surface area contributed by atoms with Gasteiger partial charge in [-0.1, -0.05) is 12.5 Å². The number of aryl methyl sites for hydroxylation is 1. The monoisotopic (exact) mass is 366 g/mol. The fraction of sp³-hybridized carbons (Fsp3) is 0.529. The number of carboxylic acid groups (broad SMARTS) is 1. The van der Waals surface area contributed by atoms with E-state index in [1.807, 2.05) is 0 Å². The number of urea groups is 1. The summed E-state index contributed by atoms with van der Waals surface area (Å²) in [6.45, 7) is 2.33. The van der Waals surface area contributed by atoms with Gasteiger partial charge in [0.25, 0.3) is 0 Å². The van der Waals surface area contributed by atoms with Gasteiger partial charge in [0.2, 0.25) is 0 Å². The van der Waals surface area contributed by atoms with Crippen molar-refractivity contribution in [1.82, 2.24) is 4.90 Å². The number of rotatable bonds is 3. The number of carboxylic acids is 1. The largest absolute Gasteiger partial charge is 0.481 e. The zero-order valence-corrected chi connectivity index (χ0v) is 15.1. The molecule has 1 aliphatic heterocycles. The molecule has 2 atom stereocenters. The Bertz CT molecular complexity index is 835. The topological polar surface area (TPSA) is 104 Å². The molecule has 0 unspecified atom stereocenters. The average Bonchev–Trinajstić information content (AvgIpc) is 3.06. The van der Waals surface area contributed by atoms with Gasteiger partial charge in [-0.05, 0) is 43.4 Å². The van der Waals surface area contributed by atoms with Gasteiger partial charge in [0.15, 0.2) is 9.84 Å². The number of likely N-dealkylation sites (tertiary alicyclic amines) is 1. The molecule has 1 aromatic rings. The number of hydrogen-bond donors (Lipinski definition) is 2. The Morgan fingerprint density at radius 3 is 2.68 bits per heavy atom. The molecule has 25 heavy (non-hydrogen) atoms. The summed E-state index contributed by atoms with van der Waals surface area (Å²) in [4.78, 5) is 25.9. The number of nitrogens with zero attached hydrogens (tertiary/aromatic N) is 1. The van der Waals surface area contributed by atoms with Crippen molar-refractivity contribution in [3.8, 4) is 0 Å². The number of benzene rings is 1. The van der Waals surface area contributed by atoms with Crippen molar-refractivity contribution in [2.45, 2.75) is 31.1 Å². The Morgan fingerprint density at radius 2 is 2.08 bits per heavy atom. The van der Waals surface area contributed by atoms with Gasteiger partial charge >= 0.3 is 12.0 Å². The molecule has 7 nitrogen and oxygen atoms in total. The maximum absolute atomic E-state index is 12.6. The van der Waals surface area contributed by atoms with Crippen LogP contribution < -0.4 is 5.32 Å². The number of nitrogens with one attached hydrogen (secondary N) is 1. The number of carbonyl (C=O) groups excluding carboxylic acids is 1. The molecule has 0 radical (unpaired) electrons. The molecule has 8 heteroatoms. The summed E-state index contributed by atoms with van der Waals surface area (Å²) in [7, 11) is -3.49. The molecule has 2 fully saturated rings. The van der Waals surface area contributed by atoms with Crippen molar-refractivity contribution < 1.29 is 23.1 Å². The molecule has 1 heterocycles. The van der Waals surface area contributed by atoms with E-state index in [4.69, 9.17) is 0 Å². The van der Waals surface area contributed by atoms with Crippen LogP contribution in [-0.4, -0.2) is 49.8 Å². The summed E-state index contributed by atoms with van der Waals surface area (Å²) in [6, 6.07) is 4.35. The minimum Gasteiger partial charge on any atom is -0.481 e. The lowest BCUT2D eigenvalue weighted by atomic mass is 9.81. The highest BCUT2D eigenvalue weighted by molar-refractivity contribution is 7.90. The normalized spacial score (nSPS) is 25.7. The average molecular weight is 366 g/mol. The third-order valence-corrected chi connectivity index (χ3v) is 6.50. The summed E-state index contributed by atoms with van der Waals surface area (Å²) in [5.74, 6) is -0.888. The molecule has 1 aliphatic carbocycles. The minimum atomic E-state index is -3.49. The summed E-state index contributed by atoms with van der Waals surface area (Å²) < 4.78 is 23.9. The first kappa shape index (κ1) is 17.7. The van der Waals surface area contributed by atoms with Gasteiger partial charge < -0.3 is 15.3 Å². The van der Waals surface area contributed by atoms with Crippen LogP contribution in [0.25, 0.3) is 0 Å². The van der Waals surface area contributed by atoms with E-state index < -0.39 is 27.3 Å². The summed E-state index contributed by atoms with van der Waals surface area (Å²) in [6.07, 6.45) is 3.34. The highest BCUT2D eigenvalue weighted by atomic mass is 32.2. The first-order valence-corrected chi connectivity index (χ1v) is 10.1. The fourth-order valence-electron chi connectivity index (χ4n) is 4.03. The highest BCUT2D eigenvalue weighted by Crippen LogP contribution is 2.49. The Balaban J connectivity index is 1.82. The molecule has 3 rings (SSSR count). The van der Waals surface area contributed by atoms with E-state index >= 15 is 0 Å². The van der Waals surface area contributed by atoms with Crippen molar-refractivity contribution >= 4 is 27.5 Å². The van der Waals surface area contributed by atoms with Crippen molar-refractivity contribution in [2.24, 2.45) is 11.3 Å². The zero-order valence-electron chi connectivity index (χ0n) is 14.3. The molecule has 1 saturated carbocycles. The second-order valence-corrected chi connectivity index (χ2v) is 9.12. The number of carbonyl (C=O) groups is 2. The van der Waals surface area contributed by atoms with E-state index in [2.05, 4.69) is 5.32 Å². The zero-order chi connectivity index (χ0) is 18.4. The van der Waals surface area contributed by atoms with Crippen LogP contribution in [0.4, 0.5) is 10.5 Å². The van der Waals surface area contributed by atoms with Crippen molar-refractivity contribution in [1.29, 1.82) is 0 Å². The van der Waals surface area contributed by atoms with Gasteiger partial charge in [0.05, 0.1) is 16.0 Å². The number of amides is 2. The fourth-order valence-corrected chi connectivity index (χ4v) is 4.95. The molecule has 0 aromatic heterocycles. The first-order valence-electron chi connectivity index (χ1n) is 8.23. The predicted octanol–water partition coefficient (Wildman–Crippen LogP) is 2.12. The van der Waals surface area contributed by atoms with Crippen molar-refractivity contribution in [3.63, 3.8) is 0 Å². The summed E-state index contributed by atoms with van der Waals surface area (Å²) >= 11 is 0. The van der Waals surface area contributed by atoms with Gasteiger partial charge in [-0.3, -0.25) is 4.79 Å². The number of aliphatic carboxylic acids is 1. The van der Waals surface area contributed by atoms with Gasteiger partial charge in [-0.25, -0.2) is 13.2 Å². The third kappa shape index (κ3) is 3.10. The van der Waals surface area contributed by atoms with Gasteiger partial charge in [-0.15, -0.1) is 0 Å². The summed E-state index contributed by atoms with van der Waals surface area (Å²) in [5.41, 5.74) is 0.142. The van der Waals surface area contributed by atoms with Gasteiger partial charge in [-0.2, -0.15) is 0 Å². The van der Waals surface area contributed by atoms with Crippen LogP contribution in [0.5, 0.6) is 0 Å². The third-order valence-electron chi connectivity index (χ3n) is 5.36. The molecule has 2 N–H and O–H groups in total. The molecular formula is C17H22N2O5S. The maximum Gasteiger partial charge on any atom is 0.321 e. The van der Waals surface area contributed by atoms with E-state index in [0.717, 1.165) is 24.7 Å². The standard InChI is InChI=1S/C17H22N2O5S/c1-11-5-6-13(14(8-11)25(2,23)24)18-16(22)19-9-12-4-3-7-17(12,10-19)15(20)21/h5-6,8,12H,3-4,7,9-10H2,1-2H3,(H,18,22)(H,20,21)/t12-,17+/m0/s1. The second kappa shape index (κ2) is 6.01. The van der Waals surface area contributed by atoms with Crippen molar-refractivity contribution in [2.75, 3.05) is 24.7 Å². The quantitative estimate of drug-likeness (QED) is 0.853. The molecular weight excluding hydrogens is 344 g/mol. The SMILES string of the molecule is Cc1ccc(NC(=O)N2C[C@@H]3CCC[C@@]3(C(=O)O)C2)c(S(C)(=O)=O)c1. The molecule has 2 amide bonds. The van der Waals surface area contributed by atoms with Gasteiger partial charge in [0, 0.05) is 19.3 Å². The Morgan fingerprint density at radius 1 is 1.36 bits per heavy atom. The van der Waals surface area contributed by atoms with Crippen LogP contribution in [0.15, 0.2) is 23.1 Å². The second-order valence-electron chi connectivity index (χ2n) is 7.13. The first-order chi connectivity index (χ1) is 11.6. The minimum absolute atomic E-state index is 0.0388. The van der Waals surface area contributed by atoms with E-state index in [-0.39, 0.29) is 23.0 Å². The molecule has 1 saturated heterocycles. The highest BCUT2D eigenvalue weighted by Gasteiger charge is 2.55. The molecule has 136 valence electrons. The molecule has 0 spiro atoms. The Labute approximate surface area is 146 Å². The maximum atomic E-state index is 12.6. The number of anilines is 1. The lowest BCUT2D eigenvalue weighted by Crippen LogP contribution is -2.38. The Hall–Kier alpha value is -2.09. The molecule has 1 aromatic carbocycles. The van der Waals surface area contributed by atoms with Crippen LogP contribution in [0.1, 0.15) is 24.8 Å². The number of fused-ring (bicyclic) bond motifs is 1. The number of hydrogen-bond acceptors (Lipinski definition) is 4. The van der Waals surface area contributed by atoms with Gasteiger partial charge in [0.1, 0.15) is 0 Å². The number of sulfone groups is 1. The molecule has 0 bridgehead atoms. The van der Waals surface area contributed by atoms with Crippen molar-refractivity contribution in [3.05, 3.63) is 23.8 Å². The van der Waals surface area contributed by atoms with Crippen LogP contribution in [0.2, 0.25) is 0 Å². The van der Waals surface area contributed by atoms with E-state index in [9.17, 15) is 23.1 Å². The van der Waals surface area contributed by atoms with E-state index in [1.165, 1.54) is 11.0 Å². The lowest BCUT2D eigenvalue weighted by molar-refractivity contribution is -0.149. The van der Waals surface area contributed by atoms with Crippen LogP contribution in [0.3, 0.4) is 0 Å².